The van der Waals surface area contributed by atoms with Crippen LogP contribution in [0.2, 0.25) is 0 Å². The lowest BCUT2D eigenvalue weighted by atomic mass is 9.97. The van der Waals surface area contributed by atoms with Crippen LogP contribution >= 0.6 is 22.7 Å². The Balaban J connectivity index is 1.51. The summed E-state index contributed by atoms with van der Waals surface area (Å²) in [6, 6.07) is 14.5. The Bertz CT molecular complexity index is 1010. The van der Waals surface area contributed by atoms with E-state index in [4.69, 9.17) is 0 Å². The number of para-hydroxylation sites is 1. The predicted molar refractivity (Wildman–Crippen MR) is 114 cm³/mol. The number of urea groups is 1. The topological polar surface area (TPSA) is 48.1 Å². The molecule has 4 aromatic rings. The molecule has 0 bridgehead atoms. The molecular weight excluding hydrogens is 374 g/mol. The van der Waals surface area contributed by atoms with E-state index in [1.807, 2.05) is 18.5 Å². The van der Waals surface area contributed by atoms with Gasteiger partial charge >= 0.3 is 6.03 Å². The average molecular weight is 396 g/mol. The van der Waals surface area contributed by atoms with Gasteiger partial charge in [0, 0.05) is 48.0 Å². The molecule has 27 heavy (non-hydrogen) atoms. The molecule has 4 nitrogen and oxygen atoms in total. The van der Waals surface area contributed by atoms with Gasteiger partial charge in [-0.1, -0.05) is 24.3 Å². The van der Waals surface area contributed by atoms with Gasteiger partial charge in [-0.3, -0.25) is 0 Å². The largest absolute Gasteiger partial charge is 0.361 e. The Morgan fingerprint density at radius 1 is 1.19 bits per heavy atom. The predicted octanol–water partition coefficient (Wildman–Crippen LogP) is 5.26. The third kappa shape index (κ3) is 3.91. The number of benzene rings is 1. The molecule has 1 unspecified atom stereocenters. The van der Waals surface area contributed by atoms with Crippen LogP contribution in [0.25, 0.3) is 10.9 Å². The van der Waals surface area contributed by atoms with Crippen LogP contribution in [-0.2, 0) is 6.54 Å². The number of H-pyrrole nitrogens is 1. The second-order valence-electron chi connectivity index (χ2n) is 6.53. The van der Waals surface area contributed by atoms with Gasteiger partial charge in [-0.05, 0) is 45.5 Å². The van der Waals surface area contributed by atoms with Crippen molar-refractivity contribution in [2.45, 2.75) is 12.5 Å². The van der Waals surface area contributed by atoms with Gasteiger partial charge in [0.05, 0.1) is 0 Å². The third-order valence-electron chi connectivity index (χ3n) is 4.69. The van der Waals surface area contributed by atoms with Crippen LogP contribution in [0.4, 0.5) is 4.79 Å². The van der Waals surface area contributed by atoms with Crippen molar-refractivity contribution < 1.29 is 4.79 Å². The molecular formula is C21H21N3OS2. The molecule has 0 aliphatic rings. The van der Waals surface area contributed by atoms with Gasteiger partial charge < -0.3 is 15.2 Å². The fourth-order valence-electron chi connectivity index (χ4n) is 3.29. The molecule has 3 aromatic heterocycles. The van der Waals surface area contributed by atoms with Crippen molar-refractivity contribution in [3.8, 4) is 0 Å². The summed E-state index contributed by atoms with van der Waals surface area (Å²) >= 11 is 3.37. The number of hydrogen-bond donors (Lipinski definition) is 2. The quantitative estimate of drug-likeness (QED) is 0.459. The van der Waals surface area contributed by atoms with Crippen LogP contribution in [-0.4, -0.2) is 29.5 Å². The Hall–Kier alpha value is -2.57. The highest BCUT2D eigenvalue weighted by Gasteiger charge is 2.20. The normalized spacial score (nSPS) is 12.2. The Labute approximate surface area is 166 Å². The molecule has 6 heteroatoms. The van der Waals surface area contributed by atoms with Crippen molar-refractivity contribution >= 4 is 39.6 Å². The summed E-state index contributed by atoms with van der Waals surface area (Å²) in [6.45, 7) is 1.18. The molecule has 0 spiro atoms. The molecule has 4 rings (SSSR count). The van der Waals surface area contributed by atoms with Crippen LogP contribution in [0.1, 0.15) is 21.9 Å². The molecule has 0 aliphatic carbocycles. The lowest BCUT2D eigenvalue weighted by Gasteiger charge is -2.21. The summed E-state index contributed by atoms with van der Waals surface area (Å²) in [5, 5.41) is 10.5. The highest BCUT2D eigenvalue weighted by atomic mass is 32.1. The minimum atomic E-state index is -0.0532. The van der Waals surface area contributed by atoms with Crippen molar-refractivity contribution in [2.24, 2.45) is 0 Å². The first-order chi connectivity index (χ1) is 13.2. The van der Waals surface area contributed by atoms with Crippen LogP contribution in [0, 0.1) is 0 Å². The fraction of sp³-hybridized carbons (Fsp3) is 0.190. The third-order valence-corrected chi connectivity index (χ3v) is 6.41. The second-order valence-corrected chi connectivity index (χ2v) is 8.29. The summed E-state index contributed by atoms with van der Waals surface area (Å²) in [5.41, 5.74) is 3.49. The van der Waals surface area contributed by atoms with Crippen molar-refractivity contribution in [1.29, 1.82) is 0 Å². The van der Waals surface area contributed by atoms with Gasteiger partial charge in [-0.15, -0.1) is 11.3 Å². The van der Waals surface area contributed by atoms with E-state index in [1.54, 1.807) is 27.6 Å². The molecule has 0 fully saturated rings. The highest BCUT2D eigenvalue weighted by Crippen LogP contribution is 2.32. The number of carbonyl (C=O) groups excluding carboxylic acids is 1. The first-order valence-corrected chi connectivity index (χ1v) is 10.6. The molecule has 0 saturated carbocycles. The van der Waals surface area contributed by atoms with E-state index in [9.17, 15) is 4.79 Å². The minimum Gasteiger partial charge on any atom is -0.361 e. The van der Waals surface area contributed by atoms with Crippen molar-refractivity contribution in [3.63, 3.8) is 0 Å². The number of carbonyl (C=O) groups is 1. The summed E-state index contributed by atoms with van der Waals surface area (Å²) in [5.74, 6) is 0.125. The molecule has 0 saturated heterocycles. The van der Waals surface area contributed by atoms with E-state index in [1.165, 1.54) is 15.8 Å². The molecule has 2 N–H and O–H groups in total. The summed E-state index contributed by atoms with van der Waals surface area (Å²) in [6.07, 6.45) is 2.07. The van der Waals surface area contributed by atoms with E-state index < -0.39 is 0 Å². The minimum absolute atomic E-state index is 0.0532. The maximum Gasteiger partial charge on any atom is 0.317 e. The highest BCUT2D eigenvalue weighted by molar-refractivity contribution is 7.10. The number of nitrogens with zero attached hydrogens (tertiary/aromatic N) is 1. The molecule has 1 aromatic carbocycles. The van der Waals surface area contributed by atoms with E-state index in [-0.39, 0.29) is 11.9 Å². The van der Waals surface area contributed by atoms with E-state index in [0.29, 0.717) is 13.1 Å². The number of amides is 2. The number of fused-ring (bicyclic) bond motifs is 1. The van der Waals surface area contributed by atoms with Gasteiger partial charge in [0.25, 0.3) is 0 Å². The number of rotatable bonds is 6. The Morgan fingerprint density at radius 3 is 2.85 bits per heavy atom. The number of thiophene rings is 2. The molecule has 2 amide bonds. The molecule has 138 valence electrons. The van der Waals surface area contributed by atoms with Gasteiger partial charge in [-0.2, -0.15) is 11.3 Å². The average Bonchev–Trinajstić information content (AvgIpc) is 3.44. The van der Waals surface area contributed by atoms with Crippen molar-refractivity contribution in [1.82, 2.24) is 15.2 Å². The molecule has 1 atom stereocenters. The number of aromatic amines is 1. The monoisotopic (exact) mass is 395 g/mol. The van der Waals surface area contributed by atoms with Gasteiger partial charge in [0.15, 0.2) is 0 Å². The van der Waals surface area contributed by atoms with Gasteiger partial charge in [-0.25, -0.2) is 4.79 Å². The summed E-state index contributed by atoms with van der Waals surface area (Å²) < 4.78 is 0. The Kier molecular flexibility index (Phi) is 5.27. The van der Waals surface area contributed by atoms with Crippen LogP contribution in [0.3, 0.4) is 0 Å². The van der Waals surface area contributed by atoms with Gasteiger partial charge in [0.1, 0.15) is 0 Å². The van der Waals surface area contributed by atoms with Crippen molar-refractivity contribution in [2.75, 3.05) is 13.6 Å². The van der Waals surface area contributed by atoms with Gasteiger partial charge in [0.2, 0.25) is 0 Å². The van der Waals surface area contributed by atoms with Crippen LogP contribution < -0.4 is 5.32 Å². The van der Waals surface area contributed by atoms with E-state index in [0.717, 1.165) is 11.1 Å². The maximum absolute atomic E-state index is 12.6. The number of hydrogen-bond acceptors (Lipinski definition) is 3. The van der Waals surface area contributed by atoms with Crippen LogP contribution in [0.15, 0.2) is 64.8 Å². The zero-order chi connectivity index (χ0) is 18.6. The number of nitrogens with one attached hydrogen (secondary N) is 2. The maximum atomic E-state index is 12.6. The standard InChI is InChI=1S/C21H21N3OS2/c1-24(13-15-8-10-26-14-15)21(25)23-12-18(20-7-4-9-27-20)17-11-22-19-6-3-2-5-16(17)19/h2-11,14,18,22H,12-13H2,1H3,(H,23,25). The Morgan fingerprint density at radius 2 is 2.07 bits per heavy atom. The SMILES string of the molecule is CN(Cc1ccsc1)C(=O)NCC(c1cccs1)c1c[nH]c2ccccc12. The van der Waals surface area contributed by atoms with Crippen LogP contribution in [0.5, 0.6) is 0 Å². The zero-order valence-corrected chi connectivity index (χ0v) is 16.6. The van der Waals surface area contributed by atoms with E-state index in [2.05, 4.69) is 63.7 Å². The molecule has 3 heterocycles. The lowest BCUT2D eigenvalue weighted by molar-refractivity contribution is 0.206. The number of aromatic nitrogens is 1. The molecule has 0 aliphatic heterocycles. The fourth-order valence-corrected chi connectivity index (χ4v) is 4.79. The first-order valence-electron chi connectivity index (χ1n) is 8.82. The van der Waals surface area contributed by atoms with E-state index >= 15 is 0 Å². The summed E-state index contributed by atoms with van der Waals surface area (Å²) in [7, 11) is 1.83. The first kappa shape index (κ1) is 17.8. The molecule has 0 radical (unpaired) electrons. The summed E-state index contributed by atoms with van der Waals surface area (Å²) in [4.78, 5) is 18.9. The van der Waals surface area contributed by atoms with Crippen molar-refractivity contribution in [3.05, 3.63) is 80.8 Å². The zero-order valence-electron chi connectivity index (χ0n) is 15.0. The second kappa shape index (κ2) is 7.98. The smallest absolute Gasteiger partial charge is 0.317 e. The lowest BCUT2D eigenvalue weighted by Crippen LogP contribution is -2.38.